The lowest BCUT2D eigenvalue weighted by Crippen LogP contribution is -2.38. The Bertz CT molecular complexity index is 974. The predicted octanol–water partition coefficient (Wildman–Crippen LogP) is 2.81. The van der Waals surface area contributed by atoms with Gasteiger partial charge in [-0.05, 0) is 31.0 Å². The van der Waals surface area contributed by atoms with Gasteiger partial charge in [0, 0.05) is 29.5 Å². The Morgan fingerprint density at radius 3 is 2.64 bits per heavy atom. The first-order valence-electron chi connectivity index (χ1n) is 8.78. The molecule has 1 aliphatic rings. The van der Waals surface area contributed by atoms with Crippen molar-refractivity contribution in [2.75, 3.05) is 23.3 Å². The summed E-state index contributed by atoms with van der Waals surface area (Å²) >= 11 is 3.21. The number of rotatable bonds is 4. The Labute approximate surface area is 168 Å². The lowest BCUT2D eigenvalue weighted by Gasteiger charge is -2.32. The lowest BCUT2D eigenvalue weighted by atomic mass is 9.96. The zero-order valence-electron chi connectivity index (χ0n) is 14.8. The zero-order chi connectivity index (χ0) is 19.5. The normalized spacial score (nSPS) is 14.9. The molecule has 8 nitrogen and oxygen atoms in total. The molecule has 0 spiro atoms. The van der Waals surface area contributed by atoms with Gasteiger partial charge in [-0.2, -0.15) is 5.10 Å². The van der Waals surface area contributed by atoms with E-state index in [1.807, 2.05) is 6.07 Å². The maximum Gasteiger partial charge on any atom is 0.227 e. The first-order valence-corrected chi connectivity index (χ1v) is 9.57. The largest absolute Gasteiger partial charge is 0.356 e. The second-order valence-corrected chi connectivity index (χ2v) is 7.36. The number of hydrogen-bond acceptors (Lipinski definition) is 6. The van der Waals surface area contributed by atoms with Gasteiger partial charge in [0.05, 0.1) is 5.69 Å². The van der Waals surface area contributed by atoms with Crippen LogP contribution in [0.15, 0.2) is 47.7 Å². The number of carbonyl (C=O) groups excluding carboxylic acids is 1. The van der Waals surface area contributed by atoms with Crippen molar-refractivity contribution in [2.24, 2.45) is 5.92 Å². The van der Waals surface area contributed by atoms with Crippen molar-refractivity contribution in [1.29, 1.82) is 0 Å². The summed E-state index contributed by atoms with van der Waals surface area (Å²) in [6.07, 6.45) is 5.82. The van der Waals surface area contributed by atoms with E-state index in [1.165, 1.54) is 18.7 Å². The molecule has 1 saturated heterocycles. The molecule has 1 aliphatic heterocycles. The van der Waals surface area contributed by atoms with E-state index in [2.05, 4.69) is 46.2 Å². The second kappa shape index (κ2) is 8.01. The van der Waals surface area contributed by atoms with E-state index < -0.39 is 5.82 Å². The average molecular weight is 446 g/mol. The van der Waals surface area contributed by atoms with Crippen LogP contribution >= 0.6 is 15.9 Å². The minimum Gasteiger partial charge on any atom is -0.356 e. The molecule has 0 unspecified atom stereocenters. The van der Waals surface area contributed by atoms with Crippen molar-refractivity contribution in [3.63, 3.8) is 0 Å². The molecular weight excluding hydrogens is 429 g/mol. The van der Waals surface area contributed by atoms with Crippen LogP contribution in [0.2, 0.25) is 0 Å². The van der Waals surface area contributed by atoms with Crippen LogP contribution in [0.4, 0.5) is 15.9 Å². The fraction of sp³-hybridized carbons (Fsp3) is 0.278. The fourth-order valence-corrected chi connectivity index (χ4v) is 3.49. The van der Waals surface area contributed by atoms with Gasteiger partial charge >= 0.3 is 0 Å². The summed E-state index contributed by atoms with van der Waals surface area (Å²) in [4.78, 5) is 27.1. The number of carbonyl (C=O) groups is 1. The van der Waals surface area contributed by atoms with Gasteiger partial charge in [0.25, 0.3) is 0 Å². The summed E-state index contributed by atoms with van der Waals surface area (Å²) in [5, 5.41) is 6.76. The first-order chi connectivity index (χ1) is 13.6. The van der Waals surface area contributed by atoms with Crippen molar-refractivity contribution < 1.29 is 9.18 Å². The van der Waals surface area contributed by atoms with E-state index in [0.717, 1.165) is 5.82 Å². The molecule has 1 aromatic carbocycles. The highest BCUT2D eigenvalue weighted by Crippen LogP contribution is 2.25. The van der Waals surface area contributed by atoms with Gasteiger partial charge in [-0.15, -0.1) is 0 Å². The van der Waals surface area contributed by atoms with E-state index in [-0.39, 0.29) is 17.5 Å². The molecule has 28 heavy (non-hydrogen) atoms. The summed E-state index contributed by atoms with van der Waals surface area (Å²) in [6.45, 7) is 1.35. The van der Waals surface area contributed by atoms with Gasteiger partial charge in [-0.1, -0.05) is 15.9 Å². The molecule has 1 fully saturated rings. The molecule has 144 valence electrons. The Balaban J connectivity index is 1.38. The van der Waals surface area contributed by atoms with Gasteiger partial charge in [0.15, 0.2) is 5.82 Å². The molecule has 4 rings (SSSR count). The van der Waals surface area contributed by atoms with Gasteiger partial charge in [0.2, 0.25) is 5.91 Å². The van der Waals surface area contributed by atoms with Crippen molar-refractivity contribution in [3.8, 4) is 5.82 Å². The molecule has 10 heteroatoms. The van der Waals surface area contributed by atoms with Crippen LogP contribution in [0.25, 0.3) is 5.82 Å². The van der Waals surface area contributed by atoms with Gasteiger partial charge in [0.1, 0.15) is 30.6 Å². The highest BCUT2D eigenvalue weighted by atomic mass is 79.9. The molecule has 2 aromatic heterocycles. The summed E-state index contributed by atoms with van der Waals surface area (Å²) < 4.78 is 16.1. The quantitative estimate of drug-likeness (QED) is 0.663. The zero-order valence-corrected chi connectivity index (χ0v) is 16.4. The fourth-order valence-electron chi connectivity index (χ4n) is 3.16. The molecule has 3 heterocycles. The van der Waals surface area contributed by atoms with Crippen molar-refractivity contribution in [2.45, 2.75) is 12.8 Å². The molecule has 0 aliphatic carbocycles. The molecule has 3 aromatic rings. The van der Waals surface area contributed by atoms with E-state index in [9.17, 15) is 9.18 Å². The predicted molar refractivity (Wildman–Crippen MR) is 105 cm³/mol. The van der Waals surface area contributed by atoms with Crippen LogP contribution in [0.5, 0.6) is 0 Å². The third-order valence-electron chi connectivity index (χ3n) is 4.67. The molecule has 1 N–H and O–H groups in total. The summed E-state index contributed by atoms with van der Waals surface area (Å²) in [7, 11) is 0. The molecule has 0 saturated carbocycles. The lowest BCUT2D eigenvalue weighted by molar-refractivity contribution is -0.120. The number of nitrogens with zero attached hydrogens (tertiary/aromatic N) is 6. The third-order valence-corrected chi connectivity index (χ3v) is 5.16. The maximum atomic E-state index is 13.9. The Hall–Kier alpha value is -2.88. The van der Waals surface area contributed by atoms with Crippen molar-refractivity contribution in [3.05, 3.63) is 53.5 Å². The van der Waals surface area contributed by atoms with Crippen LogP contribution in [0.3, 0.4) is 0 Å². The smallest absolute Gasteiger partial charge is 0.227 e. The number of amides is 1. The van der Waals surface area contributed by atoms with Gasteiger partial charge in [-0.3, -0.25) is 4.79 Å². The number of aromatic nitrogens is 5. The minimum atomic E-state index is -0.457. The Kier molecular flexibility index (Phi) is 5.29. The summed E-state index contributed by atoms with van der Waals surface area (Å²) in [5.41, 5.74) is 0.198. The standard InChI is InChI=1S/C18H17BrFN7O/c19-13-1-2-15(14(20)7-13)25-18(28)12-3-5-26(6-4-12)16-8-17(23-10-22-16)27-11-21-9-24-27/h1-2,7-12H,3-6H2,(H,25,28). The molecule has 0 radical (unpaired) electrons. The van der Waals surface area contributed by atoms with E-state index in [1.54, 1.807) is 23.1 Å². The average Bonchev–Trinajstić information content (AvgIpc) is 3.25. The highest BCUT2D eigenvalue weighted by molar-refractivity contribution is 9.10. The van der Waals surface area contributed by atoms with Crippen LogP contribution in [-0.2, 0) is 4.79 Å². The minimum absolute atomic E-state index is 0.160. The number of benzene rings is 1. The van der Waals surface area contributed by atoms with E-state index in [4.69, 9.17) is 0 Å². The molecule has 0 bridgehead atoms. The summed E-state index contributed by atoms with van der Waals surface area (Å²) in [5.74, 6) is 0.621. The van der Waals surface area contributed by atoms with E-state index >= 15 is 0 Å². The number of hydrogen-bond donors (Lipinski definition) is 1. The number of anilines is 2. The topological polar surface area (TPSA) is 88.8 Å². The molecule has 1 amide bonds. The summed E-state index contributed by atoms with van der Waals surface area (Å²) in [6, 6.07) is 6.43. The Morgan fingerprint density at radius 2 is 1.93 bits per heavy atom. The van der Waals surface area contributed by atoms with Crippen molar-refractivity contribution >= 4 is 33.3 Å². The highest BCUT2D eigenvalue weighted by Gasteiger charge is 2.26. The second-order valence-electron chi connectivity index (χ2n) is 6.45. The molecular formula is C18H17BrFN7O. The van der Waals surface area contributed by atoms with Crippen LogP contribution < -0.4 is 10.2 Å². The number of halogens is 2. The maximum absolute atomic E-state index is 13.9. The van der Waals surface area contributed by atoms with Crippen LogP contribution in [-0.4, -0.2) is 43.7 Å². The van der Waals surface area contributed by atoms with E-state index in [0.29, 0.717) is 36.2 Å². The van der Waals surface area contributed by atoms with Crippen LogP contribution in [0.1, 0.15) is 12.8 Å². The number of piperidine rings is 1. The number of nitrogens with one attached hydrogen (secondary N) is 1. The third kappa shape index (κ3) is 4.01. The van der Waals surface area contributed by atoms with Gasteiger partial charge < -0.3 is 10.2 Å². The Morgan fingerprint density at radius 1 is 1.14 bits per heavy atom. The monoisotopic (exact) mass is 445 g/mol. The van der Waals surface area contributed by atoms with Crippen LogP contribution in [0, 0.1) is 11.7 Å². The molecule has 0 atom stereocenters. The van der Waals surface area contributed by atoms with Gasteiger partial charge in [-0.25, -0.2) is 24.0 Å². The first kappa shape index (κ1) is 18.5. The van der Waals surface area contributed by atoms with Crippen molar-refractivity contribution in [1.82, 2.24) is 24.7 Å². The SMILES string of the molecule is O=C(Nc1ccc(Br)cc1F)C1CCN(c2cc(-n3cncn3)ncn2)CC1.